The number of pyridine rings is 1. The fourth-order valence-electron chi connectivity index (χ4n) is 4.31. The van der Waals surface area contributed by atoms with E-state index in [1.165, 1.54) is 22.4 Å². The smallest absolute Gasteiger partial charge is 0.164 e. The van der Waals surface area contributed by atoms with Gasteiger partial charge in [-0.25, -0.2) is 9.97 Å². The van der Waals surface area contributed by atoms with E-state index in [1.54, 1.807) is 23.7 Å². The first kappa shape index (κ1) is 18.3. The summed E-state index contributed by atoms with van der Waals surface area (Å²) in [5, 5.41) is 5.78. The number of rotatable bonds is 4. The van der Waals surface area contributed by atoms with Gasteiger partial charge in [0, 0.05) is 40.9 Å². The Morgan fingerprint density at radius 3 is 2.90 bits per heavy atom. The molecule has 6 rings (SSSR count). The molecule has 0 spiro atoms. The number of allylic oxidation sites excluding steroid dienone is 2. The van der Waals surface area contributed by atoms with Crippen LogP contribution in [0.5, 0.6) is 0 Å². The fraction of sp³-hybridized carbons (Fsp3) is 0.174. The zero-order chi connectivity index (χ0) is 20.2. The van der Waals surface area contributed by atoms with Gasteiger partial charge in [0.2, 0.25) is 0 Å². The van der Waals surface area contributed by atoms with E-state index in [4.69, 9.17) is 33.2 Å². The Bertz CT molecular complexity index is 1330. The van der Waals surface area contributed by atoms with Crippen LogP contribution in [0.25, 0.3) is 27.2 Å². The molecule has 0 bridgehead atoms. The van der Waals surface area contributed by atoms with E-state index < -0.39 is 0 Å². The van der Waals surface area contributed by atoms with Crippen LogP contribution in [0, 0.1) is 0 Å². The summed E-state index contributed by atoms with van der Waals surface area (Å²) in [7, 11) is 0. The number of aromatic nitrogens is 3. The van der Waals surface area contributed by atoms with Crippen molar-refractivity contribution in [1.29, 1.82) is 0 Å². The number of benzene rings is 1. The van der Waals surface area contributed by atoms with Crippen molar-refractivity contribution >= 4 is 56.1 Å². The van der Waals surface area contributed by atoms with Crippen molar-refractivity contribution in [3.05, 3.63) is 74.9 Å². The van der Waals surface area contributed by atoms with E-state index >= 15 is 0 Å². The molecule has 3 heterocycles. The van der Waals surface area contributed by atoms with Gasteiger partial charge in [-0.15, -0.1) is 11.3 Å². The van der Waals surface area contributed by atoms with Crippen molar-refractivity contribution in [2.75, 3.05) is 5.32 Å². The van der Waals surface area contributed by atoms with Crippen molar-refractivity contribution < 1.29 is 0 Å². The number of hydrogen-bond acceptors (Lipinski definition) is 5. The molecular formula is C23H16Cl2N4S. The fourth-order valence-corrected chi connectivity index (χ4v) is 5.98. The number of nitrogens with zero attached hydrogens (tertiary/aromatic N) is 3. The first-order chi connectivity index (χ1) is 14.7. The average Bonchev–Trinajstić information content (AvgIpc) is 3.32. The van der Waals surface area contributed by atoms with Crippen molar-refractivity contribution in [2.45, 2.75) is 25.3 Å². The van der Waals surface area contributed by atoms with Crippen LogP contribution in [0.15, 0.2) is 48.8 Å². The van der Waals surface area contributed by atoms with Crippen molar-refractivity contribution in [3.8, 4) is 11.4 Å². The number of hydrogen-bond donors (Lipinski definition) is 1. The van der Waals surface area contributed by atoms with Crippen LogP contribution in [-0.2, 0) is 6.54 Å². The molecule has 2 aliphatic rings. The average molecular weight is 451 g/mol. The number of anilines is 1. The molecule has 30 heavy (non-hydrogen) atoms. The van der Waals surface area contributed by atoms with Gasteiger partial charge in [-0.3, -0.25) is 4.98 Å². The van der Waals surface area contributed by atoms with Crippen molar-refractivity contribution in [1.82, 2.24) is 15.0 Å². The summed E-state index contributed by atoms with van der Waals surface area (Å²) in [4.78, 5) is 16.5. The monoisotopic (exact) mass is 450 g/mol. The first-order valence-electron chi connectivity index (χ1n) is 9.82. The molecule has 0 amide bonds. The highest BCUT2D eigenvalue weighted by Gasteiger charge is 2.39. The predicted octanol–water partition coefficient (Wildman–Crippen LogP) is 6.95. The van der Waals surface area contributed by atoms with Crippen LogP contribution in [0.3, 0.4) is 0 Å². The topological polar surface area (TPSA) is 50.7 Å². The maximum Gasteiger partial charge on any atom is 0.164 e. The normalized spacial score (nSPS) is 16.7. The van der Waals surface area contributed by atoms with Crippen LogP contribution < -0.4 is 5.32 Å². The molecule has 148 valence electrons. The van der Waals surface area contributed by atoms with Crippen LogP contribution in [0.4, 0.5) is 5.82 Å². The van der Waals surface area contributed by atoms with Gasteiger partial charge in [0.05, 0.1) is 15.4 Å². The molecule has 1 atom stereocenters. The number of halogens is 2. The summed E-state index contributed by atoms with van der Waals surface area (Å²) in [6.45, 7) is 0.600. The van der Waals surface area contributed by atoms with Crippen LogP contribution >= 0.6 is 34.5 Å². The molecule has 3 aromatic heterocycles. The van der Waals surface area contributed by atoms with Crippen LogP contribution in [0.1, 0.15) is 34.8 Å². The van der Waals surface area contributed by atoms with Gasteiger partial charge in [-0.1, -0.05) is 35.3 Å². The number of fused-ring (bicyclic) bond motifs is 6. The molecule has 0 radical (unpaired) electrons. The van der Waals surface area contributed by atoms with Crippen LogP contribution in [-0.4, -0.2) is 15.0 Å². The summed E-state index contributed by atoms with van der Waals surface area (Å²) in [6.07, 6.45) is 8.30. The minimum Gasteiger partial charge on any atom is -0.365 e. The molecule has 0 aliphatic heterocycles. The lowest BCUT2D eigenvalue weighted by Gasteiger charge is -2.26. The van der Waals surface area contributed by atoms with Gasteiger partial charge in [-0.2, -0.15) is 0 Å². The third-order valence-corrected chi connectivity index (χ3v) is 7.68. The molecule has 0 saturated heterocycles. The zero-order valence-corrected chi connectivity index (χ0v) is 18.2. The van der Waals surface area contributed by atoms with E-state index in [1.807, 2.05) is 30.3 Å². The first-order valence-corrected chi connectivity index (χ1v) is 11.4. The van der Waals surface area contributed by atoms with Crippen molar-refractivity contribution in [3.63, 3.8) is 0 Å². The quantitative estimate of drug-likeness (QED) is 0.365. The van der Waals surface area contributed by atoms with Gasteiger partial charge in [0.1, 0.15) is 10.6 Å². The zero-order valence-electron chi connectivity index (χ0n) is 15.8. The molecular weight excluding hydrogens is 435 g/mol. The highest BCUT2D eigenvalue weighted by molar-refractivity contribution is 7.19. The second-order valence-electron chi connectivity index (χ2n) is 7.55. The molecule has 4 aromatic rings. The Labute approximate surface area is 187 Å². The largest absolute Gasteiger partial charge is 0.365 e. The summed E-state index contributed by atoms with van der Waals surface area (Å²) in [5.41, 5.74) is 4.76. The van der Waals surface area contributed by atoms with Crippen LogP contribution in [0.2, 0.25) is 10.0 Å². The third-order valence-electron chi connectivity index (χ3n) is 5.74. The lowest BCUT2D eigenvalue weighted by Crippen LogP contribution is -2.10. The highest BCUT2D eigenvalue weighted by atomic mass is 35.5. The van der Waals surface area contributed by atoms with Crippen molar-refractivity contribution in [2.24, 2.45) is 0 Å². The minimum absolute atomic E-state index is 0.554. The third kappa shape index (κ3) is 2.84. The Balaban J connectivity index is 1.46. The van der Waals surface area contributed by atoms with E-state index in [0.29, 0.717) is 28.3 Å². The van der Waals surface area contributed by atoms with E-state index in [2.05, 4.69) is 16.4 Å². The summed E-state index contributed by atoms with van der Waals surface area (Å²) in [5.74, 6) is 2.13. The van der Waals surface area contributed by atoms with E-state index in [-0.39, 0.29) is 0 Å². The Morgan fingerprint density at radius 2 is 2.07 bits per heavy atom. The molecule has 4 nitrogen and oxygen atoms in total. The molecule has 0 saturated carbocycles. The molecule has 1 aromatic carbocycles. The van der Waals surface area contributed by atoms with Gasteiger partial charge < -0.3 is 5.32 Å². The lowest BCUT2D eigenvalue weighted by molar-refractivity contribution is 0.797. The van der Waals surface area contributed by atoms with Gasteiger partial charge in [-0.05, 0) is 48.2 Å². The molecule has 2 aliphatic carbocycles. The summed E-state index contributed by atoms with van der Waals surface area (Å²) < 4.78 is 0. The Morgan fingerprint density at radius 1 is 1.13 bits per heavy atom. The molecule has 0 fully saturated rings. The SMILES string of the molecule is Clc1ccc(CNc2nc(-c3cccnc3)nc3sc4c(c23)C2=CCCC24)cc1Cl. The Hall–Kier alpha value is -2.47. The second-order valence-corrected chi connectivity index (χ2v) is 9.40. The molecule has 1 N–H and O–H groups in total. The number of nitrogens with one attached hydrogen (secondary N) is 1. The molecule has 7 heteroatoms. The molecule has 1 unspecified atom stereocenters. The van der Waals surface area contributed by atoms with E-state index in [0.717, 1.165) is 33.6 Å². The summed E-state index contributed by atoms with van der Waals surface area (Å²) in [6, 6.07) is 9.58. The minimum atomic E-state index is 0.554. The maximum absolute atomic E-state index is 6.20. The summed E-state index contributed by atoms with van der Waals surface area (Å²) >= 11 is 14.1. The maximum atomic E-state index is 6.20. The van der Waals surface area contributed by atoms with Gasteiger partial charge in [0.25, 0.3) is 0 Å². The number of thiophene rings is 1. The standard InChI is InChI=1S/C23H16Cl2N4S/c24-16-7-6-12(9-17(16)25)10-27-22-19-18-14-4-1-5-15(14)20(18)30-23(19)29-21(28-22)13-3-2-8-26-11-13/h2-4,6-9,11,15H,1,5,10H2,(H,27,28,29). The predicted molar refractivity (Wildman–Crippen MR) is 124 cm³/mol. The van der Waals surface area contributed by atoms with Gasteiger partial charge in [0.15, 0.2) is 5.82 Å². The highest BCUT2D eigenvalue weighted by Crippen LogP contribution is 2.59. The second kappa shape index (κ2) is 7.05. The lowest BCUT2D eigenvalue weighted by atomic mass is 9.80. The van der Waals surface area contributed by atoms with Gasteiger partial charge >= 0.3 is 0 Å². The Kier molecular flexibility index (Phi) is 4.30. The van der Waals surface area contributed by atoms with E-state index in [9.17, 15) is 0 Å².